The van der Waals surface area contributed by atoms with Gasteiger partial charge in [0.2, 0.25) is 5.91 Å². The highest BCUT2D eigenvalue weighted by atomic mass is 79.9. The molecule has 1 N–H and O–H groups in total. The van der Waals surface area contributed by atoms with E-state index in [9.17, 15) is 4.79 Å². The fraction of sp³-hybridized carbons (Fsp3) is 0.200. The normalized spacial score (nSPS) is 11.6. The molecular formula is C10H8BrClN2O. The Balaban J connectivity index is 2.86. The van der Waals surface area contributed by atoms with Crippen LogP contribution >= 0.6 is 27.5 Å². The van der Waals surface area contributed by atoms with Crippen molar-refractivity contribution < 1.29 is 4.79 Å². The standard InChI is InChI=1S/C10H8BrClN2O/c1-6(11)10(15)14-8-3-2-7(5-13)9(12)4-8/h2-4,6H,1H3,(H,14,15). The third-order valence-corrected chi connectivity index (χ3v) is 2.45. The zero-order valence-electron chi connectivity index (χ0n) is 7.92. The first kappa shape index (κ1) is 12.0. The van der Waals surface area contributed by atoms with E-state index in [1.54, 1.807) is 25.1 Å². The summed E-state index contributed by atoms with van der Waals surface area (Å²) in [5.41, 5.74) is 0.969. The van der Waals surface area contributed by atoms with Crippen molar-refractivity contribution in [2.45, 2.75) is 11.8 Å². The van der Waals surface area contributed by atoms with Crippen molar-refractivity contribution in [1.29, 1.82) is 5.26 Å². The fourth-order valence-electron chi connectivity index (χ4n) is 0.925. The largest absolute Gasteiger partial charge is 0.325 e. The van der Waals surface area contributed by atoms with E-state index in [1.807, 2.05) is 6.07 Å². The molecule has 3 nitrogen and oxygen atoms in total. The molecule has 0 radical (unpaired) electrons. The van der Waals surface area contributed by atoms with Crippen LogP contribution in [0, 0.1) is 11.3 Å². The Kier molecular flexibility index (Phi) is 4.13. The molecule has 1 amide bonds. The smallest absolute Gasteiger partial charge is 0.237 e. The minimum atomic E-state index is -0.271. The fourth-order valence-corrected chi connectivity index (χ4v) is 1.26. The Hall–Kier alpha value is -1.05. The highest BCUT2D eigenvalue weighted by molar-refractivity contribution is 9.10. The first-order valence-electron chi connectivity index (χ1n) is 4.19. The highest BCUT2D eigenvalue weighted by Crippen LogP contribution is 2.20. The molecule has 0 aliphatic rings. The van der Waals surface area contributed by atoms with Gasteiger partial charge >= 0.3 is 0 Å². The summed E-state index contributed by atoms with van der Waals surface area (Å²) in [4.78, 5) is 11.0. The number of halogens is 2. The number of carbonyl (C=O) groups is 1. The van der Waals surface area contributed by atoms with Crippen molar-refractivity contribution in [2.24, 2.45) is 0 Å². The molecule has 5 heteroatoms. The number of benzene rings is 1. The number of nitrogens with zero attached hydrogens (tertiary/aromatic N) is 1. The number of nitrogens with one attached hydrogen (secondary N) is 1. The molecule has 0 fully saturated rings. The Bertz CT molecular complexity index is 426. The van der Waals surface area contributed by atoms with Gasteiger partial charge in [-0.3, -0.25) is 4.79 Å². The highest BCUT2D eigenvalue weighted by Gasteiger charge is 2.09. The molecule has 0 saturated heterocycles. The van der Waals surface area contributed by atoms with Crippen LogP contribution in [0.25, 0.3) is 0 Å². The van der Waals surface area contributed by atoms with Crippen LogP contribution in [-0.2, 0) is 4.79 Å². The summed E-state index contributed by atoms with van der Waals surface area (Å²) >= 11 is 8.95. The van der Waals surface area contributed by atoms with E-state index in [0.29, 0.717) is 16.3 Å². The molecule has 1 atom stereocenters. The van der Waals surface area contributed by atoms with E-state index < -0.39 is 0 Å². The average Bonchev–Trinajstić information content (AvgIpc) is 2.18. The van der Waals surface area contributed by atoms with Crippen LogP contribution in [0.15, 0.2) is 18.2 Å². The number of hydrogen-bond donors (Lipinski definition) is 1. The molecule has 15 heavy (non-hydrogen) atoms. The number of nitriles is 1. The van der Waals surface area contributed by atoms with Gasteiger partial charge in [-0.05, 0) is 25.1 Å². The number of rotatable bonds is 2. The minimum Gasteiger partial charge on any atom is -0.325 e. The van der Waals surface area contributed by atoms with Crippen molar-refractivity contribution in [3.63, 3.8) is 0 Å². The van der Waals surface area contributed by atoms with Gasteiger partial charge in [-0.2, -0.15) is 5.26 Å². The molecule has 0 aliphatic heterocycles. The van der Waals surface area contributed by atoms with Crippen LogP contribution in [0.5, 0.6) is 0 Å². The lowest BCUT2D eigenvalue weighted by atomic mass is 10.2. The maximum atomic E-state index is 11.3. The van der Waals surface area contributed by atoms with Gasteiger partial charge in [-0.1, -0.05) is 27.5 Å². The molecule has 0 aromatic heterocycles. The van der Waals surface area contributed by atoms with Gasteiger partial charge in [-0.15, -0.1) is 0 Å². The number of anilines is 1. The molecule has 1 unspecified atom stereocenters. The third kappa shape index (κ3) is 3.22. The van der Waals surface area contributed by atoms with E-state index in [1.165, 1.54) is 0 Å². The van der Waals surface area contributed by atoms with E-state index in [2.05, 4.69) is 21.2 Å². The summed E-state index contributed by atoms with van der Waals surface area (Å²) in [5, 5.41) is 11.6. The quantitative estimate of drug-likeness (QED) is 0.850. The summed E-state index contributed by atoms with van der Waals surface area (Å²) in [6.07, 6.45) is 0. The van der Waals surface area contributed by atoms with Crippen LogP contribution in [0.2, 0.25) is 5.02 Å². The molecule has 1 aromatic rings. The molecule has 0 spiro atoms. The average molecular weight is 288 g/mol. The van der Waals surface area contributed by atoms with Gasteiger partial charge < -0.3 is 5.32 Å². The van der Waals surface area contributed by atoms with E-state index >= 15 is 0 Å². The minimum absolute atomic E-state index is 0.157. The van der Waals surface area contributed by atoms with E-state index in [0.717, 1.165) is 0 Å². The first-order chi connectivity index (χ1) is 7.04. The SMILES string of the molecule is CC(Br)C(=O)Nc1ccc(C#N)c(Cl)c1. The third-order valence-electron chi connectivity index (χ3n) is 1.72. The maximum absolute atomic E-state index is 11.3. The lowest BCUT2D eigenvalue weighted by Gasteiger charge is -2.07. The van der Waals surface area contributed by atoms with Crippen molar-refractivity contribution >= 4 is 39.1 Å². The lowest BCUT2D eigenvalue weighted by Crippen LogP contribution is -2.19. The van der Waals surface area contributed by atoms with Gasteiger partial charge in [0.25, 0.3) is 0 Å². The molecule has 0 heterocycles. The van der Waals surface area contributed by atoms with E-state index in [-0.39, 0.29) is 10.7 Å². The van der Waals surface area contributed by atoms with Gasteiger partial charge in [0.05, 0.1) is 15.4 Å². The van der Waals surface area contributed by atoms with Crippen LogP contribution < -0.4 is 5.32 Å². The van der Waals surface area contributed by atoms with E-state index in [4.69, 9.17) is 16.9 Å². The molecule has 78 valence electrons. The van der Waals surface area contributed by atoms with Gasteiger partial charge in [0, 0.05) is 5.69 Å². The molecule has 0 bridgehead atoms. The second-order valence-corrected chi connectivity index (χ2v) is 4.69. The maximum Gasteiger partial charge on any atom is 0.237 e. The zero-order valence-corrected chi connectivity index (χ0v) is 10.3. The Labute approximate surface area is 101 Å². The summed E-state index contributed by atoms with van der Waals surface area (Å²) in [5.74, 6) is -0.157. The summed E-state index contributed by atoms with van der Waals surface area (Å²) in [6, 6.07) is 6.70. The monoisotopic (exact) mass is 286 g/mol. The summed E-state index contributed by atoms with van der Waals surface area (Å²) in [7, 11) is 0. The predicted octanol–water partition coefficient (Wildman–Crippen LogP) is 2.93. The van der Waals surface area contributed by atoms with Crippen molar-refractivity contribution in [3.8, 4) is 6.07 Å². The van der Waals surface area contributed by atoms with Crippen LogP contribution in [0.3, 0.4) is 0 Å². The summed E-state index contributed by atoms with van der Waals surface area (Å²) in [6.45, 7) is 1.72. The number of alkyl halides is 1. The second-order valence-electron chi connectivity index (χ2n) is 2.91. The van der Waals surface area contributed by atoms with Crippen molar-refractivity contribution in [2.75, 3.05) is 5.32 Å². The summed E-state index contributed by atoms with van der Waals surface area (Å²) < 4.78 is 0. The topological polar surface area (TPSA) is 52.9 Å². The molecular weight excluding hydrogens is 279 g/mol. The Morgan fingerprint density at radius 2 is 2.33 bits per heavy atom. The van der Waals surface area contributed by atoms with Crippen LogP contribution in [0.4, 0.5) is 5.69 Å². The van der Waals surface area contributed by atoms with Crippen LogP contribution in [0.1, 0.15) is 12.5 Å². The molecule has 1 aromatic carbocycles. The zero-order chi connectivity index (χ0) is 11.4. The lowest BCUT2D eigenvalue weighted by molar-refractivity contribution is -0.115. The first-order valence-corrected chi connectivity index (χ1v) is 5.48. The Morgan fingerprint density at radius 1 is 1.67 bits per heavy atom. The molecule has 0 aliphatic carbocycles. The molecule has 1 rings (SSSR count). The number of amides is 1. The second kappa shape index (κ2) is 5.15. The molecule has 0 saturated carbocycles. The van der Waals surface area contributed by atoms with Gasteiger partial charge in [0.15, 0.2) is 0 Å². The van der Waals surface area contributed by atoms with Gasteiger partial charge in [0.1, 0.15) is 6.07 Å². The van der Waals surface area contributed by atoms with Crippen molar-refractivity contribution in [1.82, 2.24) is 0 Å². The number of carbonyl (C=O) groups excluding carboxylic acids is 1. The van der Waals surface area contributed by atoms with Gasteiger partial charge in [-0.25, -0.2) is 0 Å². The number of hydrogen-bond acceptors (Lipinski definition) is 2. The van der Waals surface area contributed by atoms with Crippen molar-refractivity contribution in [3.05, 3.63) is 28.8 Å². The predicted molar refractivity (Wildman–Crippen MR) is 63.2 cm³/mol. The Morgan fingerprint density at radius 3 is 2.80 bits per heavy atom. The van der Waals surface area contributed by atoms with Crippen LogP contribution in [-0.4, -0.2) is 10.7 Å².